The zero-order valence-electron chi connectivity index (χ0n) is 16.8. The first kappa shape index (κ1) is 20.8. The van der Waals surface area contributed by atoms with Gasteiger partial charge in [-0.1, -0.05) is 55.5 Å². The number of nitro benzene ring substituents is 1. The molecule has 0 aliphatic carbocycles. The van der Waals surface area contributed by atoms with Crippen LogP contribution in [0.25, 0.3) is 22.2 Å². The lowest BCUT2D eigenvalue weighted by atomic mass is 9.95. The van der Waals surface area contributed by atoms with Gasteiger partial charge in [0.25, 0.3) is 5.69 Å². The number of rotatable bonds is 7. The van der Waals surface area contributed by atoms with Crippen molar-refractivity contribution in [1.82, 2.24) is 9.71 Å². The van der Waals surface area contributed by atoms with Gasteiger partial charge in [-0.05, 0) is 35.2 Å². The molecule has 1 atom stereocenters. The van der Waals surface area contributed by atoms with Crippen molar-refractivity contribution in [3.05, 3.63) is 94.5 Å². The van der Waals surface area contributed by atoms with Crippen LogP contribution in [0.5, 0.6) is 0 Å². The largest absolute Gasteiger partial charge is 0.354 e. The van der Waals surface area contributed by atoms with Crippen LogP contribution in [0.3, 0.4) is 0 Å². The SMILES string of the molecule is C[C@H](CNS(=O)(=O)c1ccc([N+](=O)[O-])cc1)c1c(-c2ccccc2)[nH]c2ccccc12. The summed E-state index contributed by atoms with van der Waals surface area (Å²) in [5.74, 6) is -0.126. The first-order valence-corrected chi connectivity index (χ1v) is 11.3. The van der Waals surface area contributed by atoms with Gasteiger partial charge in [0.15, 0.2) is 0 Å². The average Bonchev–Trinajstić information content (AvgIpc) is 3.18. The third-order valence-corrected chi connectivity index (χ3v) is 6.68. The standard InChI is InChI=1S/C23H21N3O4S/c1-16(15-24-31(29,30)19-13-11-18(12-14-19)26(27)28)22-20-9-5-6-10-21(20)25-23(22)17-7-3-2-4-8-17/h2-14,16,24-25H,15H2,1H3/t16-/m1/s1. The van der Waals surface area contributed by atoms with Crippen molar-refractivity contribution in [2.45, 2.75) is 17.7 Å². The number of hydrogen-bond donors (Lipinski definition) is 2. The summed E-state index contributed by atoms with van der Waals surface area (Å²) in [6.45, 7) is 2.15. The van der Waals surface area contributed by atoms with E-state index in [-0.39, 0.29) is 23.0 Å². The molecule has 0 aliphatic heterocycles. The first-order valence-electron chi connectivity index (χ1n) is 9.77. The molecular formula is C23H21N3O4S. The van der Waals surface area contributed by atoms with Crippen LogP contribution in [0.15, 0.2) is 83.8 Å². The van der Waals surface area contributed by atoms with E-state index in [9.17, 15) is 18.5 Å². The number of nitrogens with zero attached hydrogens (tertiary/aromatic N) is 1. The summed E-state index contributed by atoms with van der Waals surface area (Å²) in [5, 5.41) is 11.8. The minimum Gasteiger partial charge on any atom is -0.354 e. The van der Waals surface area contributed by atoms with Crippen molar-refractivity contribution in [1.29, 1.82) is 0 Å². The maximum atomic E-state index is 12.7. The van der Waals surface area contributed by atoms with Gasteiger partial charge in [0.05, 0.1) is 15.5 Å². The van der Waals surface area contributed by atoms with E-state index in [1.54, 1.807) is 0 Å². The minimum absolute atomic E-state index is 0.00694. The van der Waals surface area contributed by atoms with E-state index in [2.05, 4.69) is 9.71 Å². The molecule has 8 heteroatoms. The number of hydrogen-bond acceptors (Lipinski definition) is 4. The van der Waals surface area contributed by atoms with E-state index in [0.717, 1.165) is 27.7 Å². The molecule has 1 heterocycles. The van der Waals surface area contributed by atoms with E-state index in [1.165, 1.54) is 24.3 Å². The van der Waals surface area contributed by atoms with Crippen LogP contribution in [-0.4, -0.2) is 24.9 Å². The molecule has 7 nitrogen and oxygen atoms in total. The molecule has 31 heavy (non-hydrogen) atoms. The summed E-state index contributed by atoms with van der Waals surface area (Å²) in [6, 6.07) is 22.7. The Bertz CT molecular complexity index is 1330. The van der Waals surface area contributed by atoms with Gasteiger partial charge in [-0.2, -0.15) is 0 Å². The Hall–Kier alpha value is -3.49. The summed E-state index contributed by atoms with van der Waals surface area (Å²) in [6.07, 6.45) is 0. The lowest BCUT2D eigenvalue weighted by Crippen LogP contribution is -2.27. The van der Waals surface area contributed by atoms with Crippen LogP contribution in [0.4, 0.5) is 5.69 Å². The van der Waals surface area contributed by atoms with Gasteiger partial charge >= 0.3 is 0 Å². The predicted molar refractivity (Wildman–Crippen MR) is 120 cm³/mol. The summed E-state index contributed by atoms with van der Waals surface area (Å²) in [4.78, 5) is 13.7. The second kappa shape index (κ2) is 8.33. The number of fused-ring (bicyclic) bond motifs is 1. The first-order chi connectivity index (χ1) is 14.9. The number of nitrogens with one attached hydrogen (secondary N) is 2. The number of para-hydroxylation sites is 1. The quantitative estimate of drug-likeness (QED) is 0.320. The highest BCUT2D eigenvalue weighted by Gasteiger charge is 2.22. The predicted octanol–water partition coefficient (Wildman–Crippen LogP) is 4.83. The zero-order valence-corrected chi connectivity index (χ0v) is 17.6. The van der Waals surface area contributed by atoms with Gasteiger partial charge in [0, 0.05) is 29.6 Å². The van der Waals surface area contributed by atoms with Crippen LogP contribution < -0.4 is 4.72 Å². The topological polar surface area (TPSA) is 105 Å². The molecule has 4 aromatic rings. The van der Waals surface area contributed by atoms with Gasteiger partial charge < -0.3 is 4.98 Å². The Morgan fingerprint density at radius 1 is 0.968 bits per heavy atom. The molecule has 0 fully saturated rings. The Kier molecular flexibility index (Phi) is 5.58. The fraction of sp³-hybridized carbons (Fsp3) is 0.130. The molecule has 0 saturated heterocycles. The molecule has 0 spiro atoms. The number of benzene rings is 3. The second-order valence-corrected chi connectivity index (χ2v) is 9.10. The highest BCUT2D eigenvalue weighted by atomic mass is 32.2. The van der Waals surface area contributed by atoms with Crippen LogP contribution in [-0.2, 0) is 10.0 Å². The number of nitro groups is 1. The Balaban J connectivity index is 1.63. The molecule has 158 valence electrons. The van der Waals surface area contributed by atoms with Crippen LogP contribution in [0.2, 0.25) is 0 Å². The number of sulfonamides is 1. The van der Waals surface area contributed by atoms with E-state index < -0.39 is 14.9 Å². The molecule has 0 saturated carbocycles. The Morgan fingerprint density at radius 3 is 2.29 bits per heavy atom. The lowest BCUT2D eigenvalue weighted by Gasteiger charge is -2.15. The molecule has 0 unspecified atom stereocenters. The maximum absolute atomic E-state index is 12.7. The van der Waals surface area contributed by atoms with Gasteiger partial charge in [-0.15, -0.1) is 0 Å². The van der Waals surface area contributed by atoms with Gasteiger partial charge in [-0.3, -0.25) is 10.1 Å². The summed E-state index contributed by atoms with van der Waals surface area (Å²) >= 11 is 0. The van der Waals surface area contributed by atoms with Crippen LogP contribution in [0, 0.1) is 10.1 Å². The second-order valence-electron chi connectivity index (χ2n) is 7.33. The molecule has 0 bridgehead atoms. The summed E-state index contributed by atoms with van der Waals surface area (Å²) < 4.78 is 28.1. The highest BCUT2D eigenvalue weighted by Crippen LogP contribution is 2.35. The summed E-state index contributed by atoms with van der Waals surface area (Å²) in [7, 11) is -3.80. The highest BCUT2D eigenvalue weighted by molar-refractivity contribution is 7.89. The molecule has 0 aliphatic rings. The van der Waals surface area contributed by atoms with Gasteiger partial charge in [-0.25, -0.2) is 13.1 Å². The van der Waals surface area contributed by atoms with E-state index in [4.69, 9.17) is 0 Å². The smallest absolute Gasteiger partial charge is 0.269 e. The molecule has 3 aromatic carbocycles. The normalized spacial score (nSPS) is 12.7. The van der Waals surface area contributed by atoms with Crippen molar-refractivity contribution >= 4 is 26.6 Å². The molecule has 2 N–H and O–H groups in total. The van der Waals surface area contributed by atoms with E-state index in [1.807, 2.05) is 61.5 Å². The van der Waals surface area contributed by atoms with Crippen molar-refractivity contribution in [2.75, 3.05) is 6.54 Å². The van der Waals surface area contributed by atoms with E-state index in [0.29, 0.717) is 0 Å². The third kappa shape index (κ3) is 4.21. The van der Waals surface area contributed by atoms with Crippen LogP contribution in [0.1, 0.15) is 18.4 Å². The van der Waals surface area contributed by atoms with E-state index >= 15 is 0 Å². The van der Waals surface area contributed by atoms with Crippen molar-refractivity contribution in [2.24, 2.45) is 0 Å². The van der Waals surface area contributed by atoms with Gasteiger partial charge in [0.1, 0.15) is 0 Å². The molecular weight excluding hydrogens is 414 g/mol. The maximum Gasteiger partial charge on any atom is 0.269 e. The Labute approximate surface area is 179 Å². The number of aromatic nitrogens is 1. The molecule has 0 radical (unpaired) electrons. The Morgan fingerprint density at radius 2 is 1.61 bits per heavy atom. The number of aromatic amines is 1. The zero-order chi connectivity index (χ0) is 22.0. The minimum atomic E-state index is -3.80. The fourth-order valence-corrected chi connectivity index (χ4v) is 4.81. The fourth-order valence-electron chi connectivity index (χ4n) is 3.68. The van der Waals surface area contributed by atoms with Gasteiger partial charge in [0.2, 0.25) is 10.0 Å². The third-order valence-electron chi connectivity index (χ3n) is 5.24. The molecule has 4 rings (SSSR count). The molecule has 0 amide bonds. The number of non-ortho nitro benzene ring substituents is 1. The van der Waals surface area contributed by atoms with Crippen molar-refractivity contribution < 1.29 is 13.3 Å². The van der Waals surface area contributed by atoms with Crippen molar-refractivity contribution in [3.63, 3.8) is 0 Å². The number of H-pyrrole nitrogens is 1. The van der Waals surface area contributed by atoms with Crippen LogP contribution >= 0.6 is 0 Å². The molecule has 1 aromatic heterocycles. The average molecular weight is 436 g/mol. The summed E-state index contributed by atoms with van der Waals surface area (Å²) in [5.41, 5.74) is 3.86. The monoisotopic (exact) mass is 435 g/mol. The van der Waals surface area contributed by atoms with Crippen molar-refractivity contribution in [3.8, 4) is 11.3 Å². The lowest BCUT2D eigenvalue weighted by molar-refractivity contribution is -0.384.